The van der Waals surface area contributed by atoms with Crippen molar-refractivity contribution in [2.45, 2.75) is 93.0 Å². The minimum absolute atomic E-state index is 0.0268. The summed E-state index contributed by atoms with van der Waals surface area (Å²) in [5, 5.41) is 3.23. The normalized spacial score (nSPS) is 27.3. The van der Waals surface area contributed by atoms with Gasteiger partial charge in [-0.3, -0.25) is 9.59 Å². The van der Waals surface area contributed by atoms with Crippen LogP contribution in [0.4, 0.5) is 0 Å². The van der Waals surface area contributed by atoms with Gasteiger partial charge in [-0.15, -0.1) is 0 Å². The lowest BCUT2D eigenvalue weighted by Crippen LogP contribution is -2.48. The molecular weight excluding hydrogens is 286 g/mol. The second-order valence-corrected chi connectivity index (χ2v) is 9.56. The summed E-state index contributed by atoms with van der Waals surface area (Å²) in [6.45, 7) is 14.9. The number of nitrogens with one attached hydrogen (secondary N) is 1. The number of ketones is 1. The van der Waals surface area contributed by atoms with Crippen molar-refractivity contribution < 1.29 is 9.59 Å². The van der Waals surface area contributed by atoms with E-state index in [4.69, 9.17) is 0 Å². The molecule has 1 amide bonds. The van der Waals surface area contributed by atoms with Crippen molar-refractivity contribution in [1.82, 2.24) is 5.32 Å². The fourth-order valence-corrected chi connectivity index (χ4v) is 4.29. The molecule has 1 aliphatic carbocycles. The Morgan fingerprint density at radius 3 is 2.22 bits per heavy atom. The van der Waals surface area contributed by atoms with Crippen LogP contribution >= 0.6 is 0 Å². The molecule has 1 fully saturated rings. The molecule has 0 radical (unpaired) electrons. The van der Waals surface area contributed by atoms with E-state index in [2.05, 4.69) is 39.9 Å². The molecule has 134 valence electrons. The van der Waals surface area contributed by atoms with Crippen molar-refractivity contribution >= 4 is 11.7 Å². The highest BCUT2D eigenvalue weighted by Gasteiger charge is 2.41. The molecule has 1 saturated carbocycles. The number of Topliss-reactive ketones (excluding diaryl/α,β-unsaturated/α-hetero) is 1. The monoisotopic (exact) mass is 323 g/mol. The Bertz CT molecular complexity index is 425. The van der Waals surface area contributed by atoms with Gasteiger partial charge >= 0.3 is 0 Å². The van der Waals surface area contributed by atoms with Crippen molar-refractivity contribution in [3.63, 3.8) is 0 Å². The van der Waals surface area contributed by atoms with Crippen molar-refractivity contribution in [2.75, 3.05) is 0 Å². The Morgan fingerprint density at radius 2 is 1.70 bits per heavy atom. The van der Waals surface area contributed by atoms with Gasteiger partial charge in [0.05, 0.1) is 0 Å². The largest absolute Gasteiger partial charge is 0.353 e. The standard InChI is InChI=1S/C20H37NO2/c1-14(2)10-17(22)8-9-20(7)12-16(11-19(5,6)13-20)21-18(23)15(3)4/h14-16H,8-13H2,1-7H3,(H,21,23). The van der Waals surface area contributed by atoms with Crippen molar-refractivity contribution in [3.05, 3.63) is 0 Å². The third-order valence-corrected chi connectivity index (χ3v) is 4.96. The first-order chi connectivity index (χ1) is 10.4. The van der Waals surface area contributed by atoms with Gasteiger partial charge in [-0.2, -0.15) is 0 Å². The molecule has 0 aromatic heterocycles. The Hall–Kier alpha value is -0.860. The van der Waals surface area contributed by atoms with Gasteiger partial charge in [-0.1, -0.05) is 48.5 Å². The third kappa shape index (κ3) is 7.05. The summed E-state index contributed by atoms with van der Waals surface area (Å²) < 4.78 is 0. The Balaban J connectivity index is 2.68. The van der Waals surface area contributed by atoms with Crippen molar-refractivity contribution in [3.8, 4) is 0 Å². The maximum atomic E-state index is 12.1. The smallest absolute Gasteiger partial charge is 0.222 e. The van der Waals surface area contributed by atoms with Crippen LogP contribution in [-0.4, -0.2) is 17.7 Å². The van der Waals surface area contributed by atoms with E-state index in [1.54, 1.807) is 0 Å². The summed E-state index contributed by atoms with van der Waals surface area (Å²) in [5.74, 6) is 0.994. The Morgan fingerprint density at radius 1 is 1.09 bits per heavy atom. The van der Waals surface area contributed by atoms with Gasteiger partial charge in [-0.05, 0) is 42.4 Å². The lowest BCUT2D eigenvalue weighted by molar-refractivity contribution is -0.126. The molecule has 1 aliphatic rings. The average molecular weight is 324 g/mol. The first-order valence-electron chi connectivity index (χ1n) is 9.24. The highest BCUT2D eigenvalue weighted by molar-refractivity contribution is 5.78. The molecule has 0 aromatic carbocycles. The van der Waals surface area contributed by atoms with E-state index in [0.717, 1.165) is 25.7 Å². The van der Waals surface area contributed by atoms with E-state index >= 15 is 0 Å². The van der Waals surface area contributed by atoms with Crippen LogP contribution < -0.4 is 5.32 Å². The summed E-state index contributed by atoms with van der Waals surface area (Å²) in [5.41, 5.74) is 0.354. The highest BCUT2D eigenvalue weighted by Crippen LogP contribution is 2.48. The van der Waals surface area contributed by atoms with Crippen LogP contribution in [0.15, 0.2) is 0 Å². The van der Waals surface area contributed by atoms with E-state index in [9.17, 15) is 9.59 Å². The minimum atomic E-state index is 0.0268. The second-order valence-electron chi connectivity index (χ2n) is 9.56. The predicted molar refractivity (Wildman–Crippen MR) is 96.2 cm³/mol. The molecule has 0 saturated heterocycles. The van der Waals surface area contributed by atoms with Crippen LogP contribution in [0.3, 0.4) is 0 Å². The summed E-state index contributed by atoms with van der Waals surface area (Å²) in [6, 6.07) is 0.235. The zero-order valence-electron chi connectivity index (χ0n) is 16.3. The predicted octanol–water partition coefficient (Wildman–Crippen LogP) is 4.74. The van der Waals surface area contributed by atoms with Gasteiger partial charge in [0.2, 0.25) is 5.91 Å². The van der Waals surface area contributed by atoms with Gasteiger partial charge in [0, 0.05) is 24.8 Å². The molecule has 3 nitrogen and oxygen atoms in total. The lowest BCUT2D eigenvalue weighted by atomic mass is 9.61. The quantitative estimate of drug-likeness (QED) is 0.735. The van der Waals surface area contributed by atoms with Gasteiger partial charge in [0.15, 0.2) is 0 Å². The third-order valence-electron chi connectivity index (χ3n) is 4.96. The Labute approximate surface area is 143 Å². The molecule has 1 N–H and O–H groups in total. The number of carbonyl (C=O) groups is 2. The average Bonchev–Trinajstić information content (AvgIpc) is 2.33. The molecule has 2 atom stereocenters. The topological polar surface area (TPSA) is 46.2 Å². The molecule has 3 heteroatoms. The summed E-state index contributed by atoms with van der Waals surface area (Å²) in [6.07, 6.45) is 5.45. The number of rotatable bonds is 7. The molecule has 0 spiro atoms. The van der Waals surface area contributed by atoms with Crippen LogP contribution in [0.25, 0.3) is 0 Å². The van der Waals surface area contributed by atoms with Crippen molar-refractivity contribution in [2.24, 2.45) is 22.7 Å². The van der Waals surface area contributed by atoms with Crippen LogP contribution in [0.2, 0.25) is 0 Å². The molecule has 2 unspecified atom stereocenters. The van der Waals surface area contributed by atoms with Crippen LogP contribution in [0, 0.1) is 22.7 Å². The van der Waals surface area contributed by atoms with Gasteiger partial charge in [0.1, 0.15) is 5.78 Å². The lowest BCUT2D eigenvalue weighted by Gasteiger charge is -2.47. The van der Waals surface area contributed by atoms with Gasteiger partial charge in [-0.25, -0.2) is 0 Å². The SMILES string of the molecule is CC(C)CC(=O)CCC1(C)CC(NC(=O)C(C)C)CC(C)(C)C1. The molecule has 1 rings (SSSR count). The summed E-state index contributed by atoms with van der Waals surface area (Å²) in [4.78, 5) is 24.1. The van der Waals surface area contributed by atoms with E-state index in [1.165, 1.54) is 0 Å². The highest BCUT2D eigenvalue weighted by atomic mass is 16.2. The summed E-state index contributed by atoms with van der Waals surface area (Å²) in [7, 11) is 0. The number of hydrogen-bond acceptors (Lipinski definition) is 2. The molecule has 0 bridgehead atoms. The zero-order valence-corrected chi connectivity index (χ0v) is 16.3. The number of amides is 1. The van der Waals surface area contributed by atoms with Gasteiger partial charge in [0.25, 0.3) is 0 Å². The molecule has 23 heavy (non-hydrogen) atoms. The van der Waals surface area contributed by atoms with E-state index in [0.29, 0.717) is 24.5 Å². The number of carbonyl (C=O) groups excluding carboxylic acids is 2. The first kappa shape index (κ1) is 20.2. The van der Waals surface area contributed by atoms with Crippen LogP contribution in [-0.2, 0) is 9.59 Å². The fourth-order valence-electron chi connectivity index (χ4n) is 4.29. The molecule has 0 heterocycles. The second kappa shape index (κ2) is 7.81. The fraction of sp³-hybridized carbons (Fsp3) is 0.900. The Kier molecular flexibility index (Phi) is 6.85. The van der Waals surface area contributed by atoms with Crippen LogP contribution in [0.1, 0.15) is 87.0 Å². The van der Waals surface area contributed by atoms with E-state index in [1.807, 2.05) is 13.8 Å². The molecule has 0 aliphatic heterocycles. The van der Waals surface area contributed by atoms with Crippen LogP contribution in [0.5, 0.6) is 0 Å². The summed E-state index contributed by atoms with van der Waals surface area (Å²) >= 11 is 0. The first-order valence-corrected chi connectivity index (χ1v) is 9.24. The minimum Gasteiger partial charge on any atom is -0.353 e. The zero-order chi connectivity index (χ0) is 17.8. The van der Waals surface area contributed by atoms with Gasteiger partial charge < -0.3 is 5.32 Å². The van der Waals surface area contributed by atoms with Crippen molar-refractivity contribution in [1.29, 1.82) is 0 Å². The van der Waals surface area contributed by atoms with E-state index < -0.39 is 0 Å². The maximum Gasteiger partial charge on any atom is 0.222 e. The molecule has 0 aromatic rings. The maximum absolute atomic E-state index is 12.1. The molecular formula is C20H37NO2. The number of hydrogen-bond donors (Lipinski definition) is 1. The van der Waals surface area contributed by atoms with E-state index in [-0.39, 0.29) is 28.7 Å².